The number of nitrogens with one attached hydrogen (secondary N) is 3. The van der Waals surface area contributed by atoms with Gasteiger partial charge in [0.05, 0.1) is 0 Å². The van der Waals surface area contributed by atoms with Crippen molar-refractivity contribution in [3.05, 3.63) is 66.4 Å². The van der Waals surface area contributed by atoms with Gasteiger partial charge in [-0.1, -0.05) is 36.4 Å². The van der Waals surface area contributed by atoms with E-state index in [1.807, 2.05) is 48.5 Å². The molecule has 0 radical (unpaired) electrons. The van der Waals surface area contributed by atoms with E-state index in [-0.39, 0.29) is 5.91 Å². The Bertz CT molecular complexity index is 659. The fourth-order valence-electron chi connectivity index (χ4n) is 1.75. The summed E-state index contributed by atoms with van der Waals surface area (Å²) in [4.78, 5) is 15.8. The predicted octanol–water partition coefficient (Wildman–Crippen LogP) is 2.20. The molecule has 0 aliphatic rings. The lowest BCUT2D eigenvalue weighted by atomic mass is 10.2. The smallest absolute Gasteiger partial charge is 0.244 e. The van der Waals surface area contributed by atoms with Crippen LogP contribution in [-0.4, -0.2) is 29.1 Å². The second-order valence-corrected chi connectivity index (χ2v) is 5.04. The van der Waals surface area contributed by atoms with E-state index >= 15 is 0 Å². The summed E-state index contributed by atoms with van der Waals surface area (Å²) in [6, 6.07) is 15.2. The number of hydrogen-bond donors (Lipinski definition) is 3. The maximum atomic E-state index is 11.7. The van der Waals surface area contributed by atoms with Gasteiger partial charge in [-0.3, -0.25) is 4.79 Å². The minimum absolute atomic E-state index is 0.140. The first-order valence-electron chi connectivity index (χ1n) is 7.21. The lowest BCUT2D eigenvalue weighted by Gasteiger charge is -2.09. The van der Waals surface area contributed by atoms with Crippen LogP contribution in [0.15, 0.2) is 60.8 Å². The molecule has 2 aromatic rings. The zero-order valence-electron chi connectivity index (χ0n) is 12.5. The van der Waals surface area contributed by atoms with Crippen LogP contribution in [0.1, 0.15) is 5.56 Å². The largest absolute Gasteiger partial charge is 0.361 e. The lowest BCUT2D eigenvalue weighted by Crippen LogP contribution is -2.36. The van der Waals surface area contributed by atoms with E-state index in [9.17, 15) is 4.79 Å². The first kappa shape index (κ1) is 16.6. The molecule has 3 N–H and O–H groups in total. The summed E-state index contributed by atoms with van der Waals surface area (Å²) in [5, 5.41) is 9.21. The maximum Gasteiger partial charge on any atom is 0.244 e. The van der Waals surface area contributed by atoms with Crippen LogP contribution >= 0.6 is 12.2 Å². The highest BCUT2D eigenvalue weighted by molar-refractivity contribution is 7.80. The molecule has 0 saturated heterocycles. The normalized spacial score (nSPS) is 10.3. The standard InChI is InChI=1S/C17H18N4OS/c22-16(10-9-14-6-2-1-3-7-14)19-12-13-20-17(23)21-15-8-4-5-11-18-15/h1-11H,12-13H2,(H,19,22)(H2,18,20,21,23)/b10-9+. The summed E-state index contributed by atoms with van der Waals surface area (Å²) in [6.45, 7) is 1.01. The quantitative estimate of drug-likeness (QED) is 0.431. The van der Waals surface area contributed by atoms with E-state index in [1.54, 1.807) is 12.3 Å². The SMILES string of the molecule is O=C(/C=C/c1ccccc1)NCCNC(=S)Nc1ccccn1. The van der Waals surface area contributed by atoms with Crippen LogP contribution in [0, 0.1) is 0 Å². The number of rotatable bonds is 6. The third kappa shape index (κ3) is 6.71. The van der Waals surface area contributed by atoms with Crippen LogP contribution in [-0.2, 0) is 4.79 Å². The van der Waals surface area contributed by atoms with Gasteiger partial charge in [0.25, 0.3) is 0 Å². The number of carbonyl (C=O) groups excluding carboxylic acids is 1. The minimum atomic E-state index is -0.140. The number of pyridine rings is 1. The number of anilines is 1. The van der Waals surface area contributed by atoms with Gasteiger partial charge in [-0.15, -0.1) is 0 Å². The van der Waals surface area contributed by atoms with Crippen molar-refractivity contribution in [2.45, 2.75) is 0 Å². The van der Waals surface area contributed by atoms with Gasteiger partial charge in [0.1, 0.15) is 5.82 Å². The Morgan fingerprint density at radius 2 is 1.78 bits per heavy atom. The average Bonchev–Trinajstić information content (AvgIpc) is 2.59. The molecule has 0 bridgehead atoms. The van der Waals surface area contributed by atoms with Crippen LogP contribution in [0.5, 0.6) is 0 Å². The summed E-state index contributed by atoms with van der Waals surface area (Å²) in [6.07, 6.45) is 4.97. The van der Waals surface area contributed by atoms with Gasteiger partial charge in [-0.25, -0.2) is 4.98 Å². The van der Waals surface area contributed by atoms with E-state index in [0.29, 0.717) is 24.0 Å². The highest BCUT2D eigenvalue weighted by Gasteiger charge is 1.98. The first-order valence-corrected chi connectivity index (χ1v) is 7.62. The fraction of sp³-hybridized carbons (Fsp3) is 0.118. The zero-order valence-corrected chi connectivity index (χ0v) is 13.3. The second kappa shape index (κ2) is 9.32. The van der Waals surface area contributed by atoms with Crippen molar-refractivity contribution in [2.75, 3.05) is 18.4 Å². The van der Waals surface area contributed by atoms with Crippen LogP contribution in [0.25, 0.3) is 6.08 Å². The van der Waals surface area contributed by atoms with Gasteiger partial charge >= 0.3 is 0 Å². The van der Waals surface area contributed by atoms with Crippen molar-refractivity contribution in [3.8, 4) is 0 Å². The molecule has 1 aromatic carbocycles. The number of benzene rings is 1. The number of nitrogens with zero attached hydrogens (tertiary/aromatic N) is 1. The predicted molar refractivity (Wildman–Crippen MR) is 96.9 cm³/mol. The Morgan fingerprint density at radius 3 is 2.52 bits per heavy atom. The molecule has 0 fully saturated rings. The van der Waals surface area contributed by atoms with Crippen LogP contribution in [0.4, 0.5) is 5.82 Å². The van der Waals surface area contributed by atoms with Gasteiger partial charge in [0.2, 0.25) is 5.91 Å². The summed E-state index contributed by atoms with van der Waals surface area (Å²) in [7, 11) is 0. The summed E-state index contributed by atoms with van der Waals surface area (Å²) in [5.41, 5.74) is 0.988. The third-order valence-electron chi connectivity index (χ3n) is 2.84. The molecule has 5 nitrogen and oxygen atoms in total. The topological polar surface area (TPSA) is 66.1 Å². The van der Waals surface area contributed by atoms with Crippen molar-refractivity contribution >= 4 is 35.1 Å². The van der Waals surface area contributed by atoms with E-state index in [4.69, 9.17) is 12.2 Å². The molecular weight excluding hydrogens is 308 g/mol. The van der Waals surface area contributed by atoms with Crippen molar-refractivity contribution < 1.29 is 4.79 Å². The summed E-state index contributed by atoms with van der Waals surface area (Å²) in [5.74, 6) is 0.541. The molecule has 0 atom stereocenters. The van der Waals surface area contributed by atoms with E-state index < -0.39 is 0 Å². The van der Waals surface area contributed by atoms with Crippen molar-refractivity contribution in [3.63, 3.8) is 0 Å². The van der Waals surface area contributed by atoms with Crippen LogP contribution < -0.4 is 16.0 Å². The summed E-state index contributed by atoms with van der Waals surface area (Å²) < 4.78 is 0. The molecule has 118 valence electrons. The Balaban J connectivity index is 1.62. The molecule has 2 rings (SSSR count). The Labute approximate surface area is 140 Å². The van der Waals surface area contributed by atoms with Gasteiger partial charge in [-0.2, -0.15) is 0 Å². The van der Waals surface area contributed by atoms with Crippen molar-refractivity contribution in [1.82, 2.24) is 15.6 Å². The Hall–Kier alpha value is -2.73. The molecule has 1 heterocycles. The molecule has 0 unspecified atom stereocenters. The number of carbonyl (C=O) groups is 1. The minimum Gasteiger partial charge on any atom is -0.361 e. The first-order chi connectivity index (χ1) is 11.2. The fourth-order valence-corrected chi connectivity index (χ4v) is 1.96. The molecule has 6 heteroatoms. The number of hydrogen-bond acceptors (Lipinski definition) is 3. The Kier molecular flexibility index (Phi) is 6.74. The van der Waals surface area contributed by atoms with E-state index in [0.717, 1.165) is 5.56 Å². The highest BCUT2D eigenvalue weighted by Crippen LogP contribution is 2.00. The second-order valence-electron chi connectivity index (χ2n) is 4.63. The monoisotopic (exact) mass is 326 g/mol. The molecule has 1 amide bonds. The van der Waals surface area contributed by atoms with Crippen LogP contribution in [0.3, 0.4) is 0 Å². The Morgan fingerprint density at radius 1 is 1.04 bits per heavy atom. The molecular formula is C17H18N4OS. The molecule has 0 aliphatic carbocycles. The highest BCUT2D eigenvalue weighted by atomic mass is 32.1. The van der Waals surface area contributed by atoms with Crippen molar-refractivity contribution in [2.24, 2.45) is 0 Å². The molecule has 0 aliphatic heterocycles. The van der Waals surface area contributed by atoms with Gasteiger partial charge in [0, 0.05) is 25.4 Å². The average molecular weight is 326 g/mol. The van der Waals surface area contributed by atoms with Gasteiger partial charge in [0.15, 0.2) is 5.11 Å². The van der Waals surface area contributed by atoms with Crippen molar-refractivity contribution in [1.29, 1.82) is 0 Å². The zero-order chi connectivity index (χ0) is 16.3. The maximum absolute atomic E-state index is 11.7. The molecule has 1 aromatic heterocycles. The molecule has 23 heavy (non-hydrogen) atoms. The lowest BCUT2D eigenvalue weighted by molar-refractivity contribution is -0.116. The number of thiocarbonyl (C=S) groups is 1. The number of aromatic nitrogens is 1. The molecule has 0 saturated carbocycles. The molecule has 0 spiro atoms. The van der Waals surface area contributed by atoms with Crippen LogP contribution in [0.2, 0.25) is 0 Å². The van der Waals surface area contributed by atoms with E-state index in [1.165, 1.54) is 6.08 Å². The van der Waals surface area contributed by atoms with E-state index in [2.05, 4.69) is 20.9 Å². The van der Waals surface area contributed by atoms with Gasteiger partial charge < -0.3 is 16.0 Å². The third-order valence-corrected chi connectivity index (χ3v) is 3.09. The number of amides is 1. The summed E-state index contributed by atoms with van der Waals surface area (Å²) >= 11 is 5.14. The van der Waals surface area contributed by atoms with Gasteiger partial charge in [-0.05, 0) is 36.0 Å².